The van der Waals surface area contributed by atoms with Crippen LogP contribution in [0, 0.1) is 6.92 Å². The molecule has 22 heavy (non-hydrogen) atoms. The molecule has 2 aromatic rings. The summed E-state index contributed by atoms with van der Waals surface area (Å²) in [5.41, 5.74) is 2.97. The molecule has 0 bridgehead atoms. The molecule has 118 valence electrons. The quantitative estimate of drug-likeness (QED) is 0.923. The van der Waals surface area contributed by atoms with Crippen LogP contribution in [0.5, 0.6) is 0 Å². The number of amides is 1. The van der Waals surface area contributed by atoms with Crippen LogP contribution in [0.25, 0.3) is 11.0 Å². The van der Waals surface area contributed by atoms with Crippen LogP contribution < -0.4 is 0 Å². The van der Waals surface area contributed by atoms with E-state index in [4.69, 9.17) is 4.74 Å². The fraction of sp³-hybridized carbons (Fsp3) is 0.529. The maximum atomic E-state index is 12.6. The topological polar surface area (TPSA) is 58.2 Å². The summed E-state index contributed by atoms with van der Waals surface area (Å²) < 4.78 is 5.50. The fourth-order valence-electron chi connectivity index (χ4n) is 3.16. The first-order chi connectivity index (χ1) is 10.7. The summed E-state index contributed by atoms with van der Waals surface area (Å²) in [7, 11) is 0. The van der Waals surface area contributed by atoms with E-state index in [-0.39, 0.29) is 11.9 Å². The van der Waals surface area contributed by atoms with Gasteiger partial charge < -0.3 is 14.6 Å². The Morgan fingerprint density at radius 3 is 3.18 bits per heavy atom. The molecular formula is C17H23N3O2. The van der Waals surface area contributed by atoms with Crippen molar-refractivity contribution in [3.63, 3.8) is 0 Å². The van der Waals surface area contributed by atoms with Crippen molar-refractivity contribution in [3.8, 4) is 0 Å². The molecule has 3 rings (SSSR count). The molecule has 2 heterocycles. The number of carbonyl (C=O) groups excluding carboxylic acids is 1. The normalized spacial score (nSPS) is 18.3. The minimum atomic E-state index is 0.192. The maximum absolute atomic E-state index is 12.6. The average molecular weight is 301 g/mol. The first-order valence-corrected chi connectivity index (χ1v) is 8.00. The predicted octanol–water partition coefficient (Wildman–Crippen LogP) is 2.44. The van der Waals surface area contributed by atoms with Crippen molar-refractivity contribution < 1.29 is 9.53 Å². The van der Waals surface area contributed by atoms with Gasteiger partial charge in [0.2, 0.25) is 5.91 Å². The lowest BCUT2D eigenvalue weighted by molar-refractivity contribution is -0.132. The molecule has 0 saturated carbocycles. The number of fused-ring (bicyclic) bond motifs is 1. The van der Waals surface area contributed by atoms with E-state index >= 15 is 0 Å². The number of benzene rings is 1. The molecule has 5 nitrogen and oxygen atoms in total. The van der Waals surface area contributed by atoms with Gasteiger partial charge in [-0.05, 0) is 44.4 Å². The number of hydrogen-bond acceptors (Lipinski definition) is 3. The van der Waals surface area contributed by atoms with Crippen molar-refractivity contribution in [1.82, 2.24) is 14.9 Å². The molecule has 5 heteroatoms. The van der Waals surface area contributed by atoms with Crippen LogP contribution in [0.3, 0.4) is 0 Å². The number of aryl methyl sites for hydroxylation is 1. The van der Waals surface area contributed by atoms with Crippen molar-refractivity contribution in [2.24, 2.45) is 0 Å². The van der Waals surface area contributed by atoms with E-state index in [0.29, 0.717) is 19.6 Å². The molecule has 1 atom stereocenters. The largest absolute Gasteiger partial charge is 0.380 e. The standard InChI is InChI=1S/C17H23N3O2/c1-3-22-11-14-5-4-8-20(14)17(21)10-13-6-7-15-16(9-13)19-12(2)18-15/h6-7,9,14H,3-5,8,10-11H2,1-2H3,(H,18,19)/t14-/m0/s1. The molecule has 0 aliphatic carbocycles. The van der Waals surface area contributed by atoms with Crippen LogP contribution >= 0.6 is 0 Å². The smallest absolute Gasteiger partial charge is 0.227 e. The maximum Gasteiger partial charge on any atom is 0.227 e. The zero-order valence-electron chi connectivity index (χ0n) is 13.3. The van der Waals surface area contributed by atoms with Crippen LogP contribution in [-0.4, -0.2) is 46.6 Å². The van der Waals surface area contributed by atoms with Gasteiger partial charge in [0.15, 0.2) is 0 Å². The molecule has 1 aliphatic heterocycles. The zero-order valence-corrected chi connectivity index (χ0v) is 13.3. The highest BCUT2D eigenvalue weighted by molar-refractivity contribution is 5.82. The molecule has 1 aromatic heterocycles. The van der Waals surface area contributed by atoms with Crippen molar-refractivity contribution >= 4 is 16.9 Å². The number of hydrogen-bond donors (Lipinski definition) is 1. The Bertz CT molecular complexity index is 665. The van der Waals surface area contributed by atoms with Gasteiger partial charge in [-0.3, -0.25) is 4.79 Å². The Balaban J connectivity index is 1.69. The highest BCUT2D eigenvalue weighted by Gasteiger charge is 2.28. The summed E-state index contributed by atoms with van der Waals surface area (Å²) in [5.74, 6) is 1.09. The number of aromatic amines is 1. The Labute approximate surface area is 130 Å². The van der Waals surface area contributed by atoms with E-state index < -0.39 is 0 Å². The van der Waals surface area contributed by atoms with Crippen molar-refractivity contribution in [3.05, 3.63) is 29.6 Å². The number of aromatic nitrogens is 2. The number of likely N-dealkylation sites (tertiary alicyclic amines) is 1. The molecule has 0 unspecified atom stereocenters. The van der Waals surface area contributed by atoms with Gasteiger partial charge in [-0.25, -0.2) is 4.98 Å². The molecule has 1 N–H and O–H groups in total. The summed E-state index contributed by atoms with van der Waals surface area (Å²) in [6.45, 7) is 6.13. The number of H-pyrrole nitrogens is 1. The predicted molar refractivity (Wildman–Crippen MR) is 85.8 cm³/mol. The van der Waals surface area contributed by atoms with E-state index in [1.807, 2.05) is 36.9 Å². The minimum absolute atomic E-state index is 0.192. The van der Waals surface area contributed by atoms with Crippen molar-refractivity contribution in [1.29, 1.82) is 0 Å². The number of nitrogens with one attached hydrogen (secondary N) is 1. The van der Waals surface area contributed by atoms with Crippen LogP contribution in [0.15, 0.2) is 18.2 Å². The Morgan fingerprint density at radius 2 is 2.36 bits per heavy atom. The molecule has 1 fully saturated rings. The lowest BCUT2D eigenvalue weighted by Gasteiger charge is -2.24. The fourth-order valence-corrected chi connectivity index (χ4v) is 3.16. The highest BCUT2D eigenvalue weighted by Crippen LogP contribution is 2.20. The lowest BCUT2D eigenvalue weighted by atomic mass is 10.1. The van der Waals surface area contributed by atoms with Gasteiger partial charge in [0.05, 0.1) is 30.1 Å². The Hall–Kier alpha value is -1.88. The third-order valence-corrected chi connectivity index (χ3v) is 4.23. The van der Waals surface area contributed by atoms with Gasteiger partial charge in [0, 0.05) is 13.2 Å². The van der Waals surface area contributed by atoms with E-state index in [2.05, 4.69) is 9.97 Å². The van der Waals surface area contributed by atoms with E-state index in [1.165, 1.54) is 0 Å². The number of imidazole rings is 1. The minimum Gasteiger partial charge on any atom is -0.380 e. The molecular weight excluding hydrogens is 278 g/mol. The summed E-state index contributed by atoms with van der Waals surface area (Å²) in [6.07, 6.45) is 2.56. The molecule has 1 aromatic carbocycles. The first kappa shape index (κ1) is 15.0. The second-order valence-corrected chi connectivity index (χ2v) is 5.89. The van der Waals surface area contributed by atoms with Gasteiger partial charge >= 0.3 is 0 Å². The van der Waals surface area contributed by atoms with Crippen LogP contribution in [0.4, 0.5) is 0 Å². The molecule has 0 radical (unpaired) electrons. The van der Waals surface area contributed by atoms with E-state index in [0.717, 1.165) is 41.8 Å². The van der Waals surface area contributed by atoms with Gasteiger partial charge in [-0.1, -0.05) is 6.07 Å². The van der Waals surface area contributed by atoms with Crippen LogP contribution in [0.2, 0.25) is 0 Å². The van der Waals surface area contributed by atoms with Crippen molar-refractivity contribution in [2.75, 3.05) is 19.8 Å². The average Bonchev–Trinajstić information content (AvgIpc) is 3.09. The van der Waals surface area contributed by atoms with Gasteiger partial charge in [0.25, 0.3) is 0 Å². The Kier molecular flexibility index (Phi) is 4.43. The van der Waals surface area contributed by atoms with E-state index in [1.54, 1.807) is 0 Å². The number of rotatable bonds is 5. The second kappa shape index (κ2) is 6.48. The van der Waals surface area contributed by atoms with Gasteiger partial charge in [-0.15, -0.1) is 0 Å². The van der Waals surface area contributed by atoms with E-state index in [9.17, 15) is 4.79 Å². The Morgan fingerprint density at radius 1 is 1.50 bits per heavy atom. The van der Waals surface area contributed by atoms with Gasteiger partial charge in [0.1, 0.15) is 5.82 Å². The lowest BCUT2D eigenvalue weighted by Crippen LogP contribution is -2.39. The second-order valence-electron chi connectivity index (χ2n) is 5.89. The van der Waals surface area contributed by atoms with Crippen LogP contribution in [-0.2, 0) is 16.0 Å². The summed E-state index contributed by atoms with van der Waals surface area (Å²) in [4.78, 5) is 22.2. The number of nitrogens with zero attached hydrogens (tertiary/aromatic N) is 2. The zero-order chi connectivity index (χ0) is 15.5. The summed E-state index contributed by atoms with van der Waals surface area (Å²) >= 11 is 0. The monoisotopic (exact) mass is 301 g/mol. The molecule has 1 amide bonds. The first-order valence-electron chi connectivity index (χ1n) is 8.00. The molecule has 0 spiro atoms. The SMILES string of the molecule is CCOC[C@@H]1CCCN1C(=O)Cc1ccc2nc(C)[nH]c2c1. The number of ether oxygens (including phenoxy) is 1. The van der Waals surface area contributed by atoms with Crippen molar-refractivity contribution in [2.45, 2.75) is 39.2 Å². The number of carbonyl (C=O) groups is 1. The molecule has 1 saturated heterocycles. The molecule has 1 aliphatic rings. The third-order valence-electron chi connectivity index (χ3n) is 4.23. The summed E-state index contributed by atoms with van der Waals surface area (Å²) in [5, 5.41) is 0. The summed E-state index contributed by atoms with van der Waals surface area (Å²) in [6, 6.07) is 6.24. The third kappa shape index (κ3) is 3.14. The van der Waals surface area contributed by atoms with Gasteiger partial charge in [-0.2, -0.15) is 0 Å². The highest BCUT2D eigenvalue weighted by atomic mass is 16.5. The van der Waals surface area contributed by atoms with Crippen LogP contribution in [0.1, 0.15) is 31.2 Å².